The molecule has 1 saturated heterocycles. The third-order valence-corrected chi connectivity index (χ3v) is 4.10. The summed E-state index contributed by atoms with van der Waals surface area (Å²) >= 11 is 3.49. The minimum atomic E-state index is -0.212. The maximum absolute atomic E-state index is 13.4. The van der Waals surface area contributed by atoms with Crippen molar-refractivity contribution in [2.24, 2.45) is 5.92 Å². The van der Waals surface area contributed by atoms with Gasteiger partial charge >= 0.3 is 0 Å². The van der Waals surface area contributed by atoms with E-state index >= 15 is 0 Å². The van der Waals surface area contributed by atoms with E-state index in [2.05, 4.69) is 42.0 Å². The highest BCUT2D eigenvalue weighted by Crippen LogP contribution is 2.38. The van der Waals surface area contributed by atoms with Crippen molar-refractivity contribution in [2.75, 3.05) is 13.2 Å². The molecule has 1 fully saturated rings. The first-order valence-corrected chi connectivity index (χ1v) is 7.48. The highest BCUT2D eigenvalue weighted by molar-refractivity contribution is 9.10. The molecule has 2 atom stereocenters. The Hall–Kier alpha value is -0.450. The van der Waals surface area contributed by atoms with E-state index in [1.807, 2.05) is 0 Å². The minimum absolute atomic E-state index is 0.0278. The van der Waals surface area contributed by atoms with E-state index in [1.165, 1.54) is 6.07 Å². The maximum atomic E-state index is 13.4. The summed E-state index contributed by atoms with van der Waals surface area (Å²) in [5.41, 5.74) is 1.00. The third-order valence-electron chi connectivity index (χ3n) is 3.37. The van der Waals surface area contributed by atoms with Crippen LogP contribution < -0.4 is 5.32 Å². The van der Waals surface area contributed by atoms with Crippen molar-refractivity contribution in [2.45, 2.75) is 38.8 Å². The van der Waals surface area contributed by atoms with E-state index in [9.17, 15) is 4.39 Å². The van der Waals surface area contributed by atoms with Gasteiger partial charge < -0.3 is 10.1 Å². The van der Waals surface area contributed by atoms with Crippen molar-refractivity contribution >= 4 is 15.9 Å². The molecule has 106 valence electrons. The van der Waals surface area contributed by atoms with Crippen LogP contribution in [0.2, 0.25) is 0 Å². The minimum Gasteiger partial charge on any atom is -0.373 e. The topological polar surface area (TPSA) is 21.3 Å². The van der Waals surface area contributed by atoms with Crippen LogP contribution in [0.3, 0.4) is 0 Å². The Bertz CT molecular complexity index is 444. The molecular formula is C15H21BrFNO. The van der Waals surface area contributed by atoms with E-state index < -0.39 is 0 Å². The molecule has 1 heterocycles. The number of halogens is 2. The molecule has 2 nitrogen and oxygen atoms in total. The summed E-state index contributed by atoms with van der Waals surface area (Å²) in [6.07, 6.45) is 0.983. The van der Waals surface area contributed by atoms with Gasteiger partial charge in [0.2, 0.25) is 0 Å². The van der Waals surface area contributed by atoms with Crippen LogP contribution in [0, 0.1) is 11.7 Å². The van der Waals surface area contributed by atoms with Gasteiger partial charge in [0, 0.05) is 29.1 Å². The van der Waals surface area contributed by atoms with Gasteiger partial charge in [-0.2, -0.15) is 0 Å². The van der Waals surface area contributed by atoms with Gasteiger partial charge in [-0.05, 0) is 51.0 Å². The number of benzene rings is 1. The molecule has 0 radical (unpaired) electrons. The van der Waals surface area contributed by atoms with Crippen molar-refractivity contribution < 1.29 is 9.13 Å². The Morgan fingerprint density at radius 2 is 2.16 bits per heavy atom. The van der Waals surface area contributed by atoms with E-state index in [0.717, 1.165) is 29.6 Å². The van der Waals surface area contributed by atoms with Gasteiger partial charge in [0.15, 0.2) is 0 Å². The van der Waals surface area contributed by atoms with E-state index in [1.54, 1.807) is 12.1 Å². The van der Waals surface area contributed by atoms with Gasteiger partial charge in [0.1, 0.15) is 5.82 Å². The average molecular weight is 330 g/mol. The van der Waals surface area contributed by atoms with Crippen molar-refractivity contribution in [3.63, 3.8) is 0 Å². The lowest BCUT2D eigenvalue weighted by Gasteiger charge is -2.26. The quantitative estimate of drug-likeness (QED) is 0.903. The standard InChI is InChI=1S/C15H21BrFNO/c1-15(2,3)18-9-10-6-7-19-14(10)12-8-11(17)4-5-13(12)16/h4-5,8,10,14,18H,6-7,9H2,1-3H3. The molecule has 1 aromatic rings. The summed E-state index contributed by atoms with van der Waals surface area (Å²) in [6, 6.07) is 4.79. The highest BCUT2D eigenvalue weighted by atomic mass is 79.9. The smallest absolute Gasteiger partial charge is 0.123 e. The van der Waals surface area contributed by atoms with Crippen molar-refractivity contribution in [3.8, 4) is 0 Å². The fourth-order valence-electron chi connectivity index (χ4n) is 2.36. The predicted molar refractivity (Wildman–Crippen MR) is 78.7 cm³/mol. The summed E-state index contributed by atoms with van der Waals surface area (Å²) < 4.78 is 20.1. The van der Waals surface area contributed by atoms with Gasteiger partial charge in [-0.15, -0.1) is 0 Å². The molecular weight excluding hydrogens is 309 g/mol. The Kier molecular flexibility index (Phi) is 4.64. The van der Waals surface area contributed by atoms with Crippen LogP contribution in [0.25, 0.3) is 0 Å². The van der Waals surface area contributed by atoms with Crippen molar-refractivity contribution in [1.82, 2.24) is 5.32 Å². The van der Waals surface area contributed by atoms with E-state index in [4.69, 9.17) is 4.74 Å². The molecule has 2 rings (SSSR count). The molecule has 0 spiro atoms. The molecule has 1 aliphatic heterocycles. The molecule has 0 aromatic heterocycles. The van der Waals surface area contributed by atoms with Crippen LogP contribution in [0.1, 0.15) is 38.9 Å². The highest BCUT2D eigenvalue weighted by Gasteiger charge is 2.31. The lowest BCUT2D eigenvalue weighted by atomic mass is 9.94. The van der Waals surface area contributed by atoms with Crippen LogP contribution in [0.5, 0.6) is 0 Å². The largest absolute Gasteiger partial charge is 0.373 e. The fraction of sp³-hybridized carbons (Fsp3) is 0.600. The Labute approximate surface area is 122 Å². The SMILES string of the molecule is CC(C)(C)NCC1CCOC1c1cc(F)ccc1Br. The Morgan fingerprint density at radius 1 is 1.42 bits per heavy atom. The Balaban J connectivity index is 2.12. The second-order valence-corrected chi connectivity index (χ2v) is 6.99. The maximum Gasteiger partial charge on any atom is 0.123 e. The molecule has 0 aliphatic carbocycles. The van der Waals surface area contributed by atoms with Crippen molar-refractivity contribution in [3.05, 3.63) is 34.1 Å². The molecule has 0 saturated carbocycles. The van der Waals surface area contributed by atoms with Crippen LogP contribution in [-0.4, -0.2) is 18.7 Å². The normalized spacial score (nSPS) is 23.8. The zero-order valence-electron chi connectivity index (χ0n) is 11.7. The molecule has 1 aromatic carbocycles. The zero-order chi connectivity index (χ0) is 14.0. The predicted octanol–water partition coefficient (Wildman–Crippen LogP) is 4.05. The molecule has 1 aliphatic rings. The van der Waals surface area contributed by atoms with E-state index in [0.29, 0.717) is 5.92 Å². The first-order valence-electron chi connectivity index (χ1n) is 6.68. The second kappa shape index (κ2) is 5.90. The lowest BCUT2D eigenvalue weighted by Crippen LogP contribution is -2.39. The molecule has 4 heteroatoms. The monoisotopic (exact) mass is 329 g/mol. The summed E-state index contributed by atoms with van der Waals surface area (Å²) in [5.74, 6) is 0.175. The number of hydrogen-bond acceptors (Lipinski definition) is 2. The van der Waals surface area contributed by atoms with E-state index in [-0.39, 0.29) is 17.5 Å². The van der Waals surface area contributed by atoms with Gasteiger partial charge in [-0.25, -0.2) is 4.39 Å². The number of ether oxygens (including phenoxy) is 1. The number of nitrogens with one attached hydrogen (secondary N) is 1. The molecule has 0 bridgehead atoms. The van der Waals surface area contributed by atoms with Crippen LogP contribution in [0.4, 0.5) is 4.39 Å². The van der Waals surface area contributed by atoms with Gasteiger partial charge in [-0.3, -0.25) is 0 Å². The van der Waals surface area contributed by atoms with Crippen LogP contribution in [0.15, 0.2) is 22.7 Å². The lowest BCUT2D eigenvalue weighted by molar-refractivity contribution is 0.0881. The zero-order valence-corrected chi connectivity index (χ0v) is 13.3. The van der Waals surface area contributed by atoms with Crippen LogP contribution in [-0.2, 0) is 4.74 Å². The van der Waals surface area contributed by atoms with Gasteiger partial charge in [0.05, 0.1) is 6.10 Å². The van der Waals surface area contributed by atoms with Crippen LogP contribution >= 0.6 is 15.9 Å². The summed E-state index contributed by atoms with van der Waals surface area (Å²) in [5, 5.41) is 3.51. The first-order chi connectivity index (χ1) is 8.87. The van der Waals surface area contributed by atoms with Crippen molar-refractivity contribution in [1.29, 1.82) is 0 Å². The summed E-state index contributed by atoms with van der Waals surface area (Å²) in [6.45, 7) is 8.07. The third kappa shape index (κ3) is 4.01. The summed E-state index contributed by atoms with van der Waals surface area (Å²) in [4.78, 5) is 0. The first kappa shape index (κ1) is 14.9. The number of hydrogen-bond donors (Lipinski definition) is 1. The molecule has 1 N–H and O–H groups in total. The fourth-order valence-corrected chi connectivity index (χ4v) is 2.83. The van der Waals surface area contributed by atoms with Gasteiger partial charge in [0.25, 0.3) is 0 Å². The Morgan fingerprint density at radius 3 is 2.84 bits per heavy atom. The molecule has 19 heavy (non-hydrogen) atoms. The average Bonchev–Trinajstić information content (AvgIpc) is 2.77. The molecule has 2 unspecified atom stereocenters. The molecule has 0 amide bonds. The van der Waals surface area contributed by atoms with Gasteiger partial charge in [-0.1, -0.05) is 15.9 Å². The summed E-state index contributed by atoms with van der Waals surface area (Å²) in [7, 11) is 0. The number of rotatable bonds is 3. The second-order valence-electron chi connectivity index (χ2n) is 6.14.